The molecule has 6 heteroatoms. The zero-order valence-corrected chi connectivity index (χ0v) is 11.9. The van der Waals surface area contributed by atoms with Crippen LogP contribution >= 0.6 is 34.8 Å². The first kappa shape index (κ1) is 15.3. The predicted octanol–water partition coefficient (Wildman–Crippen LogP) is 4.52. The lowest BCUT2D eigenvalue weighted by Crippen LogP contribution is -2.13. The standard InChI is InChI=1S/C12H11Cl3O3/c1-2-3-4-10(16)18-12(17)11-8(14)5-7(13)6-9(11)15/h5-6H,2-4H2,1H3. The fourth-order valence-corrected chi connectivity index (χ4v) is 2.24. The van der Waals surface area contributed by atoms with Gasteiger partial charge in [-0.1, -0.05) is 48.1 Å². The normalized spacial score (nSPS) is 10.2. The molecular formula is C12H11Cl3O3. The summed E-state index contributed by atoms with van der Waals surface area (Å²) in [7, 11) is 0. The van der Waals surface area contributed by atoms with E-state index in [0.717, 1.165) is 6.42 Å². The number of esters is 2. The van der Waals surface area contributed by atoms with Crippen molar-refractivity contribution in [2.24, 2.45) is 0 Å². The van der Waals surface area contributed by atoms with Crippen LogP contribution < -0.4 is 0 Å². The first-order valence-corrected chi connectivity index (χ1v) is 6.48. The fraction of sp³-hybridized carbons (Fsp3) is 0.333. The van der Waals surface area contributed by atoms with Crippen LogP contribution in [-0.4, -0.2) is 11.9 Å². The van der Waals surface area contributed by atoms with Gasteiger partial charge in [0.05, 0.1) is 15.6 Å². The average Bonchev–Trinajstić information content (AvgIpc) is 2.24. The molecule has 0 aliphatic rings. The SMILES string of the molecule is CCCCC(=O)OC(=O)c1c(Cl)cc(Cl)cc1Cl. The van der Waals surface area contributed by atoms with Crippen molar-refractivity contribution < 1.29 is 14.3 Å². The van der Waals surface area contributed by atoms with Crippen LogP contribution in [0.15, 0.2) is 12.1 Å². The lowest BCUT2D eigenvalue weighted by Gasteiger charge is -2.06. The Morgan fingerprint density at radius 3 is 2.22 bits per heavy atom. The van der Waals surface area contributed by atoms with Crippen LogP contribution in [0.5, 0.6) is 0 Å². The predicted molar refractivity (Wildman–Crippen MR) is 71.4 cm³/mol. The highest BCUT2D eigenvalue weighted by Gasteiger charge is 2.20. The number of rotatable bonds is 4. The first-order valence-electron chi connectivity index (χ1n) is 5.35. The van der Waals surface area contributed by atoms with Gasteiger partial charge in [-0.3, -0.25) is 4.79 Å². The summed E-state index contributed by atoms with van der Waals surface area (Å²) in [6.45, 7) is 1.93. The molecule has 18 heavy (non-hydrogen) atoms. The van der Waals surface area contributed by atoms with Crippen molar-refractivity contribution in [3.63, 3.8) is 0 Å². The van der Waals surface area contributed by atoms with Crippen molar-refractivity contribution in [1.82, 2.24) is 0 Å². The number of carbonyl (C=O) groups excluding carboxylic acids is 2. The number of unbranched alkanes of at least 4 members (excludes halogenated alkanes) is 1. The van der Waals surface area contributed by atoms with Gasteiger partial charge < -0.3 is 4.74 Å². The lowest BCUT2D eigenvalue weighted by atomic mass is 10.2. The molecule has 0 fully saturated rings. The zero-order chi connectivity index (χ0) is 13.7. The van der Waals surface area contributed by atoms with Crippen LogP contribution in [-0.2, 0) is 9.53 Å². The second-order valence-corrected chi connectivity index (χ2v) is 4.86. The summed E-state index contributed by atoms with van der Waals surface area (Å²) >= 11 is 17.4. The summed E-state index contributed by atoms with van der Waals surface area (Å²) in [5, 5.41) is 0.417. The van der Waals surface area contributed by atoms with Crippen molar-refractivity contribution in [2.75, 3.05) is 0 Å². The maximum absolute atomic E-state index is 11.7. The van der Waals surface area contributed by atoms with Gasteiger partial charge in [0, 0.05) is 11.4 Å². The topological polar surface area (TPSA) is 43.4 Å². The van der Waals surface area contributed by atoms with Crippen molar-refractivity contribution in [3.8, 4) is 0 Å². The van der Waals surface area contributed by atoms with Gasteiger partial charge in [0.1, 0.15) is 0 Å². The molecule has 0 aliphatic carbocycles. The van der Waals surface area contributed by atoms with Crippen molar-refractivity contribution in [3.05, 3.63) is 32.8 Å². The highest BCUT2D eigenvalue weighted by Crippen LogP contribution is 2.29. The van der Waals surface area contributed by atoms with E-state index in [4.69, 9.17) is 34.8 Å². The van der Waals surface area contributed by atoms with E-state index in [2.05, 4.69) is 4.74 Å². The summed E-state index contributed by atoms with van der Waals surface area (Å²) in [6, 6.07) is 2.73. The van der Waals surface area contributed by atoms with E-state index < -0.39 is 11.9 Å². The minimum absolute atomic E-state index is 0.0485. The van der Waals surface area contributed by atoms with Crippen molar-refractivity contribution >= 4 is 46.7 Å². The van der Waals surface area contributed by atoms with Gasteiger partial charge in [-0.2, -0.15) is 0 Å². The molecule has 1 aromatic carbocycles. The molecule has 0 unspecified atom stereocenters. The van der Waals surface area contributed by atoms with E-state index in [-0.39, 0.29) is 22.0 Å². The molecule has 0 spiro atoms. The van der Waals surface area contributed by atoms with Crippen LogP contribution in [0.4, 0.5) is 0 Å². The highest BCUT2D eigenvalue weighted by atomic mass is 35.5. The van der Waals surface area contributed by atoms with E-state index in [1.165, 1.54) is 12.1 Å². The molecule has 0 saturated carbocycles. The largest absolute Gasteiger partial charge is 0.389 e. The Morgan fingerprint density at radius 1 is 1.17 bits per heavy atom. The van der Waals surface area contributed by atoms with Gasteiger partial charge in [0.25, 0.3) is 0 Å². The molecule has 0 radical (unpaired) electrons. The highest BCUT2D eigenvalue weighted by molar-refractivity contribution is 6.42. The van der Waals surface area contributed by atoms with Gasteiger partial charge in [-0.25, -0.2) is 4.79 Å². The van der Waals surface area contributed by atoms with Crippen LogP contribution in [0.25, 0.3) is 0 Å². The second-order valence-electron chi connectivity index (χ2n) is 3.61. The van der Waals surface area contributed by atoms with Crippen LogP contribution in [0.1, 0.15) is 36.5 Å². The third-order valence-electron chi connectivity index (χ3n) is 2.15. The van der Waals surface area contributed by atoms with Gasteiger partial charge >= 0.3 is 11.9 Å². The summed E-state index contributed by atoms with van der Waals surface area (Å²) in [6.07, 6.45) is 1.69. The molecule has 0 atom stereocenters. The summed E-state index contributed by atoms with van der Waals surface area (Å²) < 4.78 is 4.65. The quantitative estimate of drug-likeness (QED) is 0.606. The smallest absolute Gasteiger partial charge is 0.348 e. The summed E-state index contributed by atoms with van der Waals surface area (Å²) in [5.74, 6) is -1.45. The minimum Gasteiger partial charge on any atom is -0.389 e. The number of hydrogen-bond acceptors (Lipinski definition) is 3. The van der Waals surface area contributed by atoms with Crippen LogP contribution in [0.2, 0.25) is 15.1 Å². The Hall–Kier alpha value is -0.770. The Balaban J connectivity index is 2.82. The van der Waals surface area contributed by atoms with Gasteiger partial charge in [-0.05, 0) is 18.6 Å². The summed E-state index contributed by atoms with van der Waals surface area (Å²) in [4.78, 5) is 23.0. The van der Waals surface area contributed by atoms with E-state index in [1.807, 2.05) is 6.92 Å². The maximum atomic E-state index is 11.7. The minimum atomic E-state index is -0.859. The molecule has 1 rings (SSSR count). The molecule has 0 bridgehead atoms. The Bertz CT molecular complexity index is 449. The number of hydrogen-bond donors (Lipinski definition) is 0. The molecule has 3 nitrogen and oxygen atoms in total. The zero-order valence-electron chi connectivity index (χ0n) is 9.63. The second kappa shape index (κ2) is 6.98. The van der Waals surface area contributed by atoms with Gasteiger partial charge in [-0.15, -0.1) is 0 Å². The molecule has 1 aromatic rings. The molecule has 0 saturated heterocycles. The molecular weight excluding hydrogens is 298 g/mol. The molecule has 0 amide bonds. The number of halogens is 3. The third kappa shape index (κ3) is 4.16. The number of ether oxygens (including phenoxy) is 1. The Morgan fingerprint density at radius 2 is 1.72 bits per heavy atom. The summed E-state index contributed by atoms with van der Waals surface area (Å²) in [5.41, 5.74) is -0.0485. The van der Waals surface area contributed by atoms with Crippen molar-refractivity contribution in [1.29, 1.82) is 0 Å². The lowest BCUT2D eigenvalue weighted by molar-refractivity contribution is -0.138. The van der Waals surface area contributed by atoms with Gasteiger partial charge in [0.2, 0.25) is 0 Å². The monoisotopic (exact) mass is 308 g/mol. The molecule has 0 N–H and O–H groups in total. The van der Waals surface area contributed by atoms with Crippen molar-refractivity contribution in [2.45, 2.75) is 26.2 Å². The van der Waals surface area contributed by atoms with E-state index in [0.29, 0.717) is 11.4 Å². The van der Waals surface area contributed by atoms with E-state index in [1.54, 1.807) is 0 Å². The first-order chi connectivity index (χ1) is 8.45. The van der Waals surface area contributed by atoms with Crippen LogP contribution in [0.3, 0.4) is 0 Å². The maximum Gasteiger partial charge on any atom is 0.348 e. The molecule has 98 valence electrons. The molecule has 0 aromatic heterocycles. The number of benzene rings is 1. The fourth-order valence-electron chi connectivity index (χ4n) is 1.26. The van der Waals surface area contributed by atoms with E-state index >= 15 is 0 Å². The molecule has 0 aliphatic heterocycles. The Kier molecular flexibility index (Phi) is 5.93. The third-order valence-corrected chi connectivity index (χ3v) is 2.97. The van der Waals surface area contributed by atoms with Crippen LogP contribution in [0, 0.1) is 0 Å². The number of carbonyl (C=O) groups is 2. The average molecular weight is 310 g/mol. The molecule has 0 heterocycles. The van der Waals surface area contributed by atoms with E-state index in [9.17, 15) is 9.59 Å². The van der Waals surface area contributed by atoms with Gasteiger partial charge in [0.15, 0.2) is 0 Å². The Labute approximate surface area is 120 Å².